The molecule has 4 nitrogen and oxygen atoms in total. The van der Waals surface area contributed by atoms with E-state index in [1.807, 2.05) is 17.0 Å². The van der Waals surface area contributed by atoms with E-state index < -0.39 is 0 Å². The lowest BCUT2D eigenvalue weighted by molar-refractivity contribution is -0.132. The van der Waals surface area contributed by atoms with Crippen LogP contribution in [0.5, 0.6) is 5.75 Å². The van der Waals surface area contributed by atoms with Gasteiger partial charge >= 0.3 is 0 Å². The smallest absolute Gasteiger partial charge is 0.226 e. The zero-order valence-corrected chi connectivity index (χ0v) is 14.6. The van der Waals surface area contributed by atoms with Crippen LogP contribution in [0.1, 0.15) is 23.5 Å². The predicted molar refractivity (Wildman–Crippen MR) is 98.9 cm³/mol. The van der Waals surface area contributed by atoms with E-state index in [-0.39, 0.29) is 11.7 Å². The lowest BCUT2D eigenvalue weighted by Crippen LogP contribution is -2.49. The third kappa shape index (κ3) is 3.34. The zero-order chi connectivity index (χ0) is 17.4. The molecular formula is C21H24N2O2. The van der Waals surface area contributed by atoms with Crippen LogP contribution >= 0.6 is 0 Å². The van der Waals surface area contributed by atoms with Gasteiger partial charge in [-0.15, -0.1) is 0 Å². The number of anilines is 1. The summed E-state index contributed by atoms with van der Waals surface area (Å²) in [7, 11) is 0. The van der Waals surface area contributed by atoms with Crippen LogP contribution in [0, 0.1) is 12.8 Å². The van der Waals surface area contributed by atoms with E-state index in [0.29, 0.717) is 11.8 Å². The first-order chi connectivity index (χ1) is 12.1. The summed E-state index contributed by atoms with van der Waals surface area (Å²) in [4.78, 5) is 17.2. The molecule has 0 spiro atoms. The van der Waals surface area contributed by atoms with Gasteiger partial charge in [0.1, 0.15) is 5.75 Å². The molecule has 0 bridgehead atoms. The molecule has 2 atom stereocenters. The molecular weight excluding hydrogens is 312 g/mol. The lowest BCUT2D eigenvalue weighted by Gasteiger charge is -2.36. The number of amides is 1. The molecule has 2 aromatic carbocycles. The number of aromatic hydroxyl groups is 1. The minimum atomic E-state index is 0.120. The average molecular weight is 336 g/mol. The maximum absolute atomic E-state index is 12.8. The van der Waals surface area contributed by atoms with Crippen molar-refractivity contribution in [2.45, 2.75) is 19.3 Å². The third-order valence-corrected chi connectivity index (χ3v) is 5.39. The van der Waals surface area contributed by atoms with Gasteiger partial charge in [0.15, 0.2) is 0 Å². The molecule has 1 saturated carbocycles. The van der Waals surface area contributed by atoms with E-state index >= 15 is 0 Å². The van der Waals surface area contributed by atoms with Gasteiger partial charge in [-0.25, -0.2) is 0 Å². The molecule has 1 N–H and O–H groups in total. The number of carbonyl (C=O) groups is 1. The Morgan fingerprint density at radius 3 is 2.44 bits per heavy atom. The van der Waals surface area contributed by atoms with E-state index in [1.165, 1.54) is 11.3 Å². The Morgan fingerprint density at radius 1 is 1.04 bits per heavy atom. The van der Waals surface area contributed by atoms with E-state index in [2.05, 4.69) is 36.1 Å². The largest absolute Gasteiger partial charge is 0.508 e. The molecule has 130 valence electrons. The molecule has 1 aliphatic heterocycles. The number of nitrogens with zero attached hydrogens (tertiary/aromatic N) is 2. The molecule has 25 heavy (non-hydrogen) atoms. The van der Waals surface area contributed by atoms with Crippen molar-refractivity contribution in [2.24, 2.45) is 5.92 Å². The summed E-state index contributed by atoms with van der Waals surface area (Å²) in [5.41, 5.74) is 3.68. The van der Waals surface area contributed by atoms with Crippen LogP contribution in [-0.4, -0.2) is 42.1 Å². The van der Waals surface area contributed by atoms with Gasteiger partial charge in [-0.1, -0.05) is 24.3 Å². The molecule has 2 aromatic rings. The highest BCUT2D eigenvalue weighted by Gasteiger charge is 2.46. The minimum Gasteiger partial charge on any atom is -0.508 e. The molecule has 1 heterocycles. The molecule has 1 aliphatic carbocycles. The Balaban J connectivity index is 1.34. The molecule has 4 heteroatoms. The van der Waals surface area contributed by atoms with E-state index in [9.17, 15) is 9.90 Å². The van der Waals surface area contributed by atoms with E-state index in [4.69, 9.17) is 0 Å². The monoisotopic (exact) mass is 336 g/mol. The maximum Gasteiger partial charge on any atom is 0.226 e. The van der Waals surface area contributed by atoms with Gasteiger partial charge in [-0.3, -0.25) is 4.79 Å². The molecule has 2 aliphatic rings. The van der Waals surface area contributed by atoms with Gasteiger partial charge in [-0.05, 0) is 54.7 Å². The summed E-state index contributed by atoms with van der Waals surface area (Å²) in [6, 6.07) is 15.8. The normalized spacial score (nSPS) is 22.8. The van der Waals surface area contributed by atoms with Crippen molar-refractivity contribution in [1.82, 2.24) is 4.90 Å². The standard InChI is InChI=1S/C21H24N2O2/c1-15-3-2-4-17(13-15)22-9-11-23(12-10-22)21(25)20-14-19(20)16-5-7-18(24)8-6-16/h2-8,13,19-20,24H,9-12,14H2,1H3. The van der Waals surface area contributed by atoms with Crippen LogP contribution in [0.15, 0.2) is 48.5 Å². The average Bonchev–Trinajstić information content (AvgIpc) is 3.43. The number of piperazine rings is 1. The van der Waals surface area contributed by atoms with Gasteiger partial charge in [-0.2, -0.15) is 0 Å². The lowest BCUT2D eigenvalue weighted by atomic mass is 10.1. The van der Waals surface area contributed by atoms with Gasteiger partial charge in [0.2, 0.25) is 5.91 Å². The summed E-state index contributed by atoms with van der Waals surface area (Å²) in [5, 5.41) is 9.39. The Kier molecular flexibility index (Phi) is 4.12. The number of aryl methyl sites for hydroxylation is 1. The highest BCUT2D eigenvalue weighted by molar-refractivity contribution is 5.83. The summed E-state index contributed by atoms with van der Waals surface area (Å²) in [6.45, 7) is 5.49. The van der Waals surface area contributed by atoms with Crippen LogP contribution in [0.2, 0.25) is 0 Å². The number of phenolic OH excluding ortho intramolecular Hbond substituents is 1. The van der Waals surface area contributed by atoms with Gasteiger partial charge < -0.3 is 14.9 Å². The summed E-state index contributed by atoms with van der Waals surface area (Å²) in [5.74, 6) is 1.01. The summed E-state index contributed by atoms with van der Waals surface area (Å²) in [6.07, 6.45) is 0.932. The maximum atomic E-state index is 12.8. The summed E-state index contributed by atoms with van der Waals surface area (Å²) >= 11 is 0. The van der Waals surface area contributed by atoms with Crippen LogP contribution in [0.4, 0.5) is 5.69 Å². The van der Waals surface area contributed by atoms with E-state index in [1.54, 1.807) is 12.1 Å². The minimum absolute atomic E-state index is 0.120. The number of rotatable bonds is 3. The van der Waals surface area contributed by atoms with Crippen molar-refractivity contribution >= 4 is 11.6 Å². The molecule has 0 radical (unpaired) electrons. The van der Waals surface area contributed by atoms with Crippen molar-refractivity contribution < 1.29 is 9.90 Å². The molecule has 0 aromatic heterocycles. The Bertz CT molecular complexity index is 764. The van der Waals surface area contributed by atoms with E-state index in [0.717, 1.165) is 38.2 Å². The number of phenols is 1. The SMILES string of the molecule is Cc1cccc(N2CCN(C(=O)C3CC3c3ccc(O)cc3)CC2)c1. The number of hydrogen-bond acceptors (Lipinski definition) is 3. The zero-order valence-electron chi connectivity index (χ0n) is 14.6. The van der Waals surface area contributed by atoms with Crippen molar-refractivity contribution in [1.29, 1.82) is 0 Å². The van der Waals surface area contributed by atoms with Crippen molar-refractivity contribution in [3.63, 3.8) is 0 Å². The van der Waals surface area contributed by atoms with Crippen LogP contribution in [-0.2, 0) is 4.79 Å². The Morgan fingerprint density at radius 2 is 1.76 bits per heavy atom. The fraction of sp³-hybridized carbons (Fsp3) is 0.381. The first-order valence-electron chi connectivity index (χ1n) is 9.01. The van der Waals surface area contributed by atoms with Crippen LogP contribution in [0.25, 0.3) is 0 Å². The molecule has 4 rings (SSSR count). The second-order valence-electron chi connectivity index (χ2n) is 7.19. The highest BCUT2D eigenvalue weighted by Crippen LogP contribution is 2.48. The van der Waals surface area contributed by atoms with Gasteiger partial charge in [0.25, 0.3) is 0 Å². The number of benzene rings is 2. The highest BCUT2D eigenvalue weighted by atomic mass is 16.3. The van der Waals surface area contributed by atoms with Crippen LogP contribution in [0.3, 0.4) is 0 Å². The Hall–Kier alpha value is -2.49. The third-order valence-electron chi connectivity index (χ3n) is 5.39. The van der Waals surface area contributed by atoms with Gasteiger partial charge in [0, 0.05) is 37.8 Å². The van der Waals surface area contributed by atoms with Crippen LogP contribution < -0.4 is 4.90 Å². The molecule has 2 fully saturated rings. The first kappa shape index (κ1) is 16.0. The van der Waals surface area contributed by atoms with Crippen molar-refractivity contribution in [3.05, 3.63) is 59.7 Å². The number of hydrogen-bond donors (Lipinski definition) is 1. The second kappa shape index (κ2) is 6.43. The molecule has 1 saturated heterocycles. The second-order valence-corrected chi connectivity index (χ2v) is 7.19. The molecule has 1 amide bonds. The van der Waals surface area contributed by atoms with Crippen molar-refractivity contribution in [3.8, 4) is 5.75 Å². The quantitative estimate of drug-likeness (QED) is 0.936. The first-order valence-corrected chi connectivity index (χ1v) is 9.01. The topological polar surface area (TPSA) is 43.8 Å². The number of carbonyl (C=O) groups excluding carboxylic acids is 1. The fourth-order valence-electron chi connectivity index (χ4n) is 3.80. The van der Waals surface area contributed by atoms with Gasteiger partial charge in [0.05, 0.1) is 0 Å². The fourth-order valence-corrected chi connectivity index (χ4v) is 3.80. The predicted octanol–water partition coefficient (Wildman–Crippen LogP) is 3.15. The molecule has 2 unspecified atom stereocenters. The Labute approximate surface area is 148 Å². The van der Waals surface area contributed by atoms with Crippen molar-refractivity contribution in [2.75, 3.05) is 31.1 Å². The summed E-state index contributed by atoms with van der Waals surface area (Å²) < 4.78 is 0.